The number of carbonyl (C=O) groups is 4. The number of carbonyl (C=O) groups excluding carboxylic acids is 4. The van der Waals surface area contributed by atoms with E-state index in [4.69, 9.17) is 23.7 Å². The first kappa shape index (κ1) is 43.9. The molecule has 0 saturated carbocycles. The zero-order chi connectivity index (χ0) is 40.5. The molecule has 0 aliphatic carbocycles. The van der Waals surface area contributed by atoms with Crippen LogP contribution < -0.4 is 35.6 Å². The van der Waals surface area contributed by atoms with E-state index in [1.807, 2.05) is 48.5 Å². The summed E-state index contributed by atoms with van der Waals surface area (Å²) in [7, 11) is 5.58. The molecule has 15 heteroatoms. The van der Waals surface area contributed by atoms with Gasteiger partial charge < -0.3 is 44.7 Å². The third kappa shape index (κ3) is 13.7. The maximum absolute atomic E-state index is 13.6. The molecule has 3 aromatic carbocycles. The monoisotopic (exact) mass is 765 g/mol. The summed E-state index contributed by atoms with van der Waals surface area (Å²) in [6.07, 6.45) is -2.53. The van der Waals surface area contributed by atoms with E-state index >= 15 is 0 Å². The van der Waals surface area contributed by atoms with Crippen molar-refractivity contribution in [1.29, 1.82) is 0 Å². The standard InChI is InChI=1S/C40H55N5O10/c1-25(2)34(42-39(49)53-7)37(47)41-36(29-12-10-9-11-13-29)31(46)20-21-45(44-38(48)35(26(3)4)43-40(50)54-8)23-27-14-17-30(18-15-27)55-24-28-16-19-32(51-5)33(22-28)52-6/h9-19,22,25-26,31,34-36,46H,20-21,23-24H2,1-8H3,(H,41,47)(H,42,49)(H,43,50)(H,44,48). The van der Waals surface area contributed by atoms with E-state index in [2.05, 4.69) is 21.4 Å². The van der Waals surface area contributed by atoms with E-state index in [-0.39, 0.29) is 31.3 Å². The predicted octanol–water partition coefficient (Wildman–Crippen LogP) is 4.49. The molecule has 0 fully saturated rings. The van der Waals surface area contributed by atoms with Gasteiger partial charge in [0.25, 0.3) is 5.91 Å². The van der Waals surface area contributed by atoms with Crippen LogP contribution in [0, 0.1) is 11.8 Å². The number of aliphatic hydroxyl groups is 1. The minimum atomic E-state index is -1.13. The third-order valence-corrected chi connectivity index (χ3v) is 8.77. The van der Waals surface area contributed by atoms with Gasteiger partial charge in [0.2, 0.25) is 5.91 Å². The van der Waals surface area contributed by atoms with Gasteiger partial charge in [0.05, 0.1) is 40.6 Å². The molecule has 4 unspecified atom stereocenters. The second kappa shape index (κ2) is 22.0. The number of alkyl carbamates (subject to hydrolysis) is 2. The molecular formula is C40H55N5O10. The molecular weight excluding hydrogens is 710 g/mol. The maximum atomic E-state index is 13.6. The number of hydrogen-bond donors (Lipinski definition) is 5. The number of methoxy groups -OCH3 is 4. The van der Waals surface area contributed by atoms with Gasteiger partial charge in [-0.3, -0.25) is 15.0 Å². The number of nitrogens with one attached hydrogen (secondary N) is 4. The van der Waals surface area contributed by atoms with Crippen molar-refractivity contribution in [2.45, 2.75) is 71.5 Å². The lowest BCUT2D eigenvalue weighted by atomic mass is 9.97. The number of amides is 4. The Labute approximate surface area is 323 Å². The molecule has 4 atom stereocenters. The lowest BCUT2D eigenvalue weighted by Gasteiger charge is -2.31. The molecule has 0 aliphatic heterocycles. The first-order chi connectivity index (χ1) is 26.3. The van der Waals surface area contributed by atoms with Crippen LogP contribution in [-0.4, -0.2) is 87.3 Å². The van der Waals surface area contributed by atoms with Gasteiger partial charge in [-0.05, 0) is 59.2 Å². The Balaban J connectivity index is 1.82. The van der Waals surface area contributed by atoms with Gasteiger partial charge in [-0.1, -0.05) is 76.2 Å². The molecule has 0 heterocycles. The Hall–Kier alpha value is -5.54. The van der Waals surface area contributed by atoms with Crippen molar-refractivity contribution in [3.05, 3.63) is 89.5 Å². The zero-order valence-electron chi connectivity index (χ0n) is 32.8. The SMILES string of the molecule is COC(=O)NC(C(=O)NC(c1ccccc1)C(O)CCN(Cc1ccc(OCc2ccc(OC)c(OC)c2)cc1)NC(=O)C(NC(=O)OC)C(C)C)C(C)C. The first-order valence-corrected chi connectivity index (χ1v) is 18.0. The van der Waals surface area contributed by atoms with Gasteiger partial charge in [0.15, 0.2) is 11.5 Å². The highest BCUT2D eigenvalue weighted by Gasteiger charge is 2.31. The summed E-state index contributed by atoms with van der Waals surface area (Å²) < 4.78 is 26.1. The number of hydrazine groups is 1. The van der Waals surface area contributed by atoms with E-state index in [9.17, 15) is 24.3 Å². The molecule has 0 saturated heterocycles. The van der Waals surface area contributed by atoms with Crippen LogP contribution in [0.25, 0.3) is 0 Å². The second-order valence-corrected chi connectivity index (χ2v) is 13.5. The largest absolute Gasteiger partial charge is 0.493 e. The molecule has 55 heavy (non-hydrogen) atoms. The zero-order valence-corrected chi connectivity index (χ0v) is 32.8. The molecule has 0 radical (unpaired) electrons. The van der Waals surface area contributed by atoms with Gasteiger partial charge >= 0.3 is 12.2 Å². The van der Waals surface area contributed by atoms with E-state index in [0.29, 0.717) is 29.4 Å². The van der Waals surface area contributed by atoms with E-state index < -0.39 is 48.2 Å². The molecule has 0 aromatic heterocycles. The van der Waals surface area contributed by atoms with Crippen LogP contribution in [0.2, 0.25) is 0 Å². The van der Waals surface area contributed by atoms with Crippen LogP contribution in [0.15, 0.2) is 72.8 Å². The molecule has 300 valence electrons. The minimum absolute atomic E-state index is 0.0974. The van der Waals surface area contributed by atoms with Gasteiger partial charge in [-0.25, -0.2) is 14.6 Å². The maximum Gasteiger partial charge on any atom is 0.407 e. The average molecular weight is 766 g/mol. The summed E-state index contributed by atoms with van der Waals surface area (Å²) in [5.41, 5.74) is 5.25. The van der Waals surface area contributed by atoms with Crippen LogP contribution in [0.4, 0.5) is 9.59 Å². The molecule has 0 spiro atoms. The van der Waals surface area contributed by atoms with Crippen LogP contribution in [0.5, 0.6) is 17.2 Å². The van der Waals surface area contributed by atoms with Crippen LogP contribution in [0.3, 0.4) is 0 Å². The van der Waals surface area contributed by atoms with Crippen LogP contribution >= 0.6 is 0 Å². The summed E-state index contributed by atoms with van der Waals surface area (Å²) in [6, 6.07) is 19.2. The number of ether oxygens (including phenoxy) is 5. The summed E-state index contributed by atoms with van der Waals surface area (Å²) in [4.78, 5) is 51.1. The summed E-state index contributed by atoms with van der Waals surface area (Å²) in [6.45, 7) is 7.80. The molecule has 3 rings (SSSR count). The number of benzene rings is 3. The van der Waals surface area contributed by atoms with Crippen molar-refractivity contribution >= 4 is 24.0 Å². The molecule has 15 nitrogen and oxygen atoms in total. The summed E-state index contributed by atoms with van der Waals surface area (Å²) >= 11 is 0. The number of rotatable bonds is 20. The predicted molar refractivity (Wildman–Crippen MR) is 205 cm³/mol. The van der Waals surface area contributed by atoms with E-state index in [1.165, 1.54) is 14.2 Å². The van der Waals surface area contributed by atoms with Crippen molar-refractivity contribution in [3.8, 4) is 17.2 Å². The Morgan fingerprint density at radius 3 is 1.80 bits per heavy atom. The quantitative estimate of drug-likeness (QED) is 0.102. The highest BCUT2D eigenvalue weighted by Crippen LogP contribution is 2.28. The third-order valence-electron chi connectivity index (χ3n) is 8.77. The molecule has 0 bridgehead atoms. The molecule has 0 aliphatic rings. The Bertz CT molecular complexity index is 1670. The normalized spacial score (nSPS) is 13.2. The topological polar surface area (TPSA) is 186 Å². The summed E-state index contributed by atoms with van der Waals surface area (Å²) in [5, 5.41) is 21.3. The fourth-order valence-corrected chi connectivity index (χ4v) is 5.65. The fourth-order valence-electron chi connectivity index (χ4n) is 5.65. The van der Waals surface area contributed by atoms with Crippen LogP contribution in [-0.2, 0) is 32.2 Å². The smallest absolute Gasteiger partial charge is 0.407 e. The van der Waals surface area contributed by atoms with Gasteiger partial charge in [0, 0.05) is 13.1 Å². The molecule has 3 aromatic rings. The van der Waals surface area contributed by atoms with E-state index in [0.717, 1.165) is 11.1 Å². The minimum Gasteiger partial charge on any atom is -0.493 e. The lowest BCUT2D eigenvalue weighted by Crippen LogP contribution is -2.55. The van der Waals surface area contributed by atoms with Crippen molar-refractivity contribution in [3.63, 3.8) is 0 Å². The average Bonchev–Trinajstić information content (AvgIpc) is 3.19. The van der Waals surface area contributed by atoms with Crippen molar-refractivity contribution in [1.82, 2.24) is 26.4 Å². The number of aliphatic hydroxyl groups excluding tert-OH is 1. The van der Waals surface area contributed by atoms with Crippen molar-refractivity contribution in [2.75, 3.05) is 35.0 Å². The highest BCUT2D eigenvalue weighted by atomic mass is 16.5. The highest BCUT2D eigenvalue weighted by molar-refractivity contribution is 5.86. The molecule has 5 N–H and O–H groups in total. The van der Waals surface area contributed by atoms with E-state index in [1.54, 1.807) is 71.2 Å². The number of nitrogens with zero attached hydrogens (tertiary/aromatic N) is 1. The molecule has 4 amide bonds. The first-order valence-electron chi connectivity index (χ1n) is 18.0. The van der Waals surface area contributed by atoms with Crippen molar-refractivity contribution < 1.29 is 48.0 Å². The van der Waals surface area contributed by atoms with Gasteiger partial charge in [-0.15, -0.1) is 0 Å². The van der Waals surface area contributed by atoms with Crippen molar-refractivity contribution in [2.24, 2.45) is 11.8 Å². The Morgan fingerprint density at radius 1 is 0.691 bits per heavy atom. The van der Waals surface area contributed by atoms with Crippen LogP contribution in [0.1, 0.15) is 56.8 Å². The van der Waals surface area contributed by atoms with Gasteiger partial charge in [0.1, 0.15) is 24.4 Å². The fraction of sp³-hybridized carbons (Fsp3) is 0.450. The summed E-state index contributed by atoms with van der Waals surface area (Å²) in [5.74, 6) is 0.294. The Kier molecular flexibility index (Phi) is 17.5. The number of hydrogen-bond acceptors (Lipinski definition) is 11. The van der Waals surface area contributed by atoms with Gasteiger partial charge in [-0.2, -0.15) is 0 Å². The lowest BCUT2D eigenvalue weighted by molar-refractivity contribution is -0.129. The Morgan fingerprint density at radius 2 is 1.25 bits per heavy atom. The second-order valence-electron chi connectivity index (χ2n) is 13.5.